The molecule has 31 heavy (non-hydrogen) atoms. The fourth-order valence-corrected chi connectivity index (χ4v) is 3.38. The number of hydrogen-bond donors (Lipinski definition) is 2. The molecule has 0 aliphatic heterocycles. The number of anilines is 1. The van der Waals surface area contributed by atoms with Crippen LogP contribution in [0.4, 0.5) is 5.69 Å². The number of carbonyl (C=O) groups is 1. The quantitative estimate of drug-likeness (QED) is 0.444. The Kier molecular flexibility index (Phi) is 6.11. The Morgan fingerprint density at radius 3 is 1.71 bits per heavy atom. The molecule has 0 heterocycles. The standard InChI is InChI=1S/C27H23NO3/c29-26(27(30,22-12-6-2-7-13-22)23-14-8-3-9-15-23)28-24-16-18-25(19-17-24)31-20-21-10-4-1-5-11-21/h1-19,30H,20H2,(H,28,29). The SMILES string of the molecule is O=C(Nc1ccc(OCc2ccccc2)cc1)C(O)(c1ccccc1)c1ccccc1. The summed E-state index contributed by atoms with van der Waals surface area (Å²) < 4.78 is 5.80. The molecule has 0 unspecified atom stereocenters. The van der Waals surface area contributed by atoms with Gasteiger partial charge in [0, 0.05) is 5.69 Å². The highest BCUT2D eigenvalue weighted by atomic mass is 16.5. The van der Waals surface area contributed by atoms with E-state index in [1.54, 1.807) is 72.8 Å². The predicted octanol–water partition coefficient (Wildman–Crippen LogP) is 5.14. The lowest BCUT2D eigenvalue weighted by molar-refractivity contribution is -0.131. The summed E-state index contributed by atoms with van der Waals surface area (Å²) in [5.41, 5.74) is 0.839. The summed E-state index contributed by atoms with van der Waals surface area (Å²) in [4.78, 5) is 13.2. The molecule has 0 spiro atoms. The molecular weight excluding hydrogens is 386 g/mol. The zero-order valence-corrected chi connectivity index (χ0v) is 16.9. The average Bonchev–Trinajstić information content (AvgIpc) is 2.85. The van der Waals surface area contributed by atoms with Crippen molar-refractivity contribution in [3.63, 3.8) is 0 Å². The second-order valence-corrected chi connectivity index (χ2v) is 7.20. The highest BCUT2D eigenvalue weighted by Crippen LogP contribution is 2.31. The number of aliphatic hydroxyl groups is 1. The van der Waals surface area contributed by atoms with Gasteiger partial charge in [-0.2, -0.15) is 0 Å². The summed E-state index contributed by atoms with van der Waals surface area (Å²) in [5.74, 6) is 0.172. The van der Waals surface area contributed by atoms with Crippen LogP contribution in [0.2, 0.25) is 0 Å². The molecule has 2 N–H and O–H groups in total. The summed E-state index contributed by atoms with van der Waals surface area (Å²) in [6.45, 7) is 0.467. The molecule has 4 nitrogen and oxygen atoms in total. The van der Waals surface area contributed by atoms with Crippen LogP contribution in [-0.4, -0.2) is 11.0 Å². The van der Waals surface area contributed by atoms with E-state index >= 15 is 0 Å². The summed E-state index contributed by atoms with van der Waals surface area (Å²) in [6, 6.07) is 34.9. The molecule has 1 amide bonds. The fourth-order valence-electron chi connectivity index (χ4n) is 3.38. The Labute approximate surface area is 181 Å². The van der Waals surface area contributed by atoms with Crippen LogP contribution >= 0.6 is 0 Å². The number of ether oxygens (including phenoxy) is 1. The third-order valence-corrected chi connectivity index (χ3v) is 5.07. The Balaban J connectivity index is 1.51. The van der Waals surface area contributed by atoms with Gasteiger partial charge in [-0.15, -0.1) is 0 Å². The van der Waals surface area contributed by atoms with E-state index in [0.717, 1.165) is 5.56 Å². The van der Waals surface area contributed by atoms with Crippen LogP contribution in [0.5, 0.6) is 5.75 Å². The first kappa shape index (κ1) is 20.4. The molecule has 0 radical (unpaired) electrons. The average molecular weight is 409 g/mol. The maximum absolute atomic E-state index is 13.2. The van der Waals surface area contributed by atoms with E-state index < -0.39 is 11.5 Å². The Morgan fingerprint density at radius 1 is 0.710 bits per heavy atom. The van der Waals surface area contributed by atoms with Gasteiger partial charge in [-0.05, 0) is 41.0 Å². The van der Waals surface area contributed by atoms with Crippen molar-refractivity contribution in [3.8, 4) is 5.75 Å². The summed E-state index contributed by atoms with van der Waals surface area (Å²) in [5, 5.41) is 14.3. The fraction of sp³-hybridized carbons (Fsp3) is 0.0741. The lowest BCUT2D eigenvalue weighted by Crippen LogP contribution is -2.41. The van der Waals surface area contributed by atoms with Crippen LogP contribution in [0.1, 0.15) is 16.7 Å². The predicted molar refractivity (Wildman–Crippen MR) is 122 cm³/mol. The second-order valence-electron chi connectivity index (χ2n) is 7.20. The van der Waals surface area contributed by atoms with Gasteiger partial charge in [0.25, 0.3) is 5.91 Å². The Morgan fingerprint density at radius 2 is 1.19 bits per heavy atom. The largest absolute Gasteiger partial charge is 0.489 e. The monoisotopic (exact) mass is 409 g/mol. The van der Waals surface area contributed by atoms with Crippen molar-refractivity contribution < 1.29 is 14.6 Å². The van der Waals surface area contributed by atoms with Crippen molar-refractivity contribution in [1.29, 1.82) is 0 Å². The summed E-state index contributed by atoms with van der Waals surface area (Å²) >= 11 is 0. The van der Waals surface area contributed by atoms with Crippen molar-refractivity contribution in [2.24, 2.45) is 0 Å². The molecule has 0 aromatic heterocycles. The van der Waals surface area contributed by atoms with E-state index in [1.165, 1.54) is 0 Å². The van der Waals surface area contributed by atoms with E-state index in [9.17, 15) is 9.90 Å². The zero-order valence-electron chi connectivity index (χ0n) is 16.9. The van der Waals surface area contributed by atoms with E-state index in [4.69, 9.17) is 4.74 Å². The van der Waals surface area contributed by atoms with Gasteiger partial charge in [-0.3, -0.25) is 4.79 Å². The highest BCUT2D eigenvalue weighted by molar-refractivity contribution is 6.00. The van der Waals surface area contributed by atoms with Gasteiger partial charge < -0.3 is 15.2 Å². The van der Waals surface area contributed by atoms with Crippen molar-refractivity contribution >= 4 is 11.6 Å². The van der Waals surface area contributed by atoms with Gasteiger partial charge in [-0.25, -0.2) is 0 Å². The third kappa shape index (κ3) is 4.65. The molecule has 4 heteroatoms. The molecule has 0 fully saturated rings. The number of benzene rings is 4. The maximum atomic E-state index is 13.2. The van der Waals surface area contributed by atoms with Gasteiger partial charge in [0.1, 0.15) is 12.4 Å². The number of amides is 1. The molecule has 0 saturated carbocycles. The molecule has 0 atom stereocenters. The van der Waals surface area contributed by atoms with E-state index in [2.05, 4.69) is 5.32 Å². The zero-order chi connectivity index (χ0) is 21.5. The summed E-state index contributed by atoms with van der Waals surface area (Å²) in [7, 11) is 0. The first-order chi connectivity index (χ1) is 15.2. The molecule has 0 aliphatic rings. The molecule has 4 aromatic carbocycles. The number of carbonyl (C=O) groups excluding carboxylic acids is 1. The first-order valence-electron chi connectivity index (χ1n) is 10.1. The first-order valence-corrected chi connectivity index (χ1v) is 10.1. The molecule has 4 rings (SSSR count). The van der Waals surface area contributed by atoms with Crippen LogP contribution in [0.25, 0.3) is 0 Å². The van der Waals surface area contributed by atoms with Crippen LogP contribution in [0.15, 0.2) is 115 Å². The molecule has 0 saturated heterocycles. The normalized spacial score (nSPS) is 11.0. The highest BCUT2D eigenvalue weighted by Gasteiger charge is 2.39. The Bertz CT molecular complexity index is 1070. The van der Waals surface area contributed by atoms with Crippen LogP contribution < -0.4 is 10.1 Å². The van der Waals surface area contributed by atoms with E-state index in [0.29, 0.717) is 29.2 Å². The van der Waals surface area contributed by atoms with Crippen molar-refractivity contribution in [2.75, 3.05) is 5.32 Å². The lowest BCUT2D eigenvalue weighted by Gasteiger charge is -2.28. The van der Waals surface area contributed by atoms with Crippen LogP contribution in [0.3, 0.4) is 0 Å². The van der Waals surface area contributed by atoms with Crippen LogP contribution in [0, 0.1) is 0 Å². The van der Waals surface area contributed by atoms with Gasteiger partial charge >= 0.3 is 0 Å². The van der Waals surface area contributed by atoms with Crippen molar-refractivity contribution in [3.05, 3.63) is 132 Å². The van der Waals surface area contributed by atoms with E-state index in [-0.39, 0.29) is 0 Å². The van der Waals surface area contributed by atoms with Crippen molar-refractivity contribution in [1.82, 2.24) is 0 Å². The minimum Gasteiger partial charge on any atom is -0.489 e. The van der Waals surface area contributed by atoms with E-state index in [1.807, 2.05) is 42.5 Å². The summed E-state index contributed by atoms with van der Waals surface area (Å²) in [6.07, 6.45) is 0. The number of rotatable bonds is 7. The molecule has 0 bridgehead atoms. The molecule has 4 aromatic rings. The minimum atomic E-state index is -1.81. The van der Waals surface area contributed by atoms with Gasteiger partial charge in [0.15, 0.2) is 5.60 Å². The molecule has 154 valence electrons. The van der Waals surface area contributed by atoms with Gasteiger partial charge in [0.2, 0.25) is 0 Å². The second kappa shape index (κ2) is 9.28. The van der Waals surface area contributed by atoms with Gasteiger partial charge in [-0.1, -0.05) is 91.0 Å². The smallest absolute Gasteiger partial charge is 0.265 e. The lowest BCUT2D eigenvalue weighted by atomic mass is 9.85. The number of hydrogen-bond acceptors (Lipinski definition) is 3. The Hall–Kier alpha value is -3.89. The third-order valence-electron chi connectivity index (χ3n) is 5.07. The number of nitrogens with one attached hydrogen (secondary N) is 1. The topological polar surface area (TPSA) is 58.6 Å². The molecule has 0 aliphatic carbocycles. The maximum Gasteiger partial charge on any atom is 0.265 e. The van der Waals surface area contributed by atoms with Crippen LogP contribution in [-0.2, 0) is 17.0 Å². The van der Waals surface area contributed by atoms with Crippen molar-refractivity contribution in [2.45, 2.75) is 12.2 Å². The minimum absolute atomic E-state index is 0.467. The van der Waals surface area contributed by atoms with Gasteiger partial charge in [0.05, 0.1) is 0 Å². The molecular formula is C27H23NO3.